The molecule has 0 fully saturated rings. The van der Waals surface area contributed by atoms with E-state index < -0.39 is 10.0 Å². The molecular weight excluding hydrogens is 260 g/mol. The molecule has 0 saturated heterocycles. The fourth-order valence-corrected chi connectivity index (χ4v) is 3.18. The van der Waals surface area contributed by atoms with Gasteiger partial charge < -0.3 is 0 Å². The van der Waals surface area contributed by atoms with Gasteiger partial charge >= 0.3 is 0 Å². The van der Waals surface area contributed by atoms with E-state index >= 15 is 0 Å². The van der Waals surface area contributed by atoms with Crippen LogP contribution in [0.25, 0.3) is 0 Å². The predicted molar refractivity (Wildman–Crippen MR) is 76.7 cm³/mol. The smallest absolute Gasteiger partial charge is 0.200 e. The van der Waals surface area contributed by atoms with Crippen LogP contribution in [0.15, 0.2) is 39.8 Å². The number of allylic oxidation sites excluding steroid dienone is 2. The first-order chi connectivity index (χ1) is 8.88. The highest BCUT2D eigenvalue weighted by molar-refractivity contribution is 7.89. The number of hydrazone groups is 1. The summed E-state index contributed by atoms with van der Waals surface area (Å²) in [5.74, 6) is 0. The molecule has 1 aliphatic rings. The first kappa shape index (κ1) is 13.8. The number of benzene rings is 1. The normalized spacial score (nSPS) is 17.6. The van der Waals surface area contributed by atoms with Gasteiger partial charge in [0.2, 0.25) is 0 Å². The molecule has 1 aliphatic carbocycles. The first-order valence-electron chi connectivity index (χ1n) is 6.21. The Bertz CT molecular complexity index is 658. The molecule has 0 bridgehead atoms. The van der Waals surface area contributed by atoms with Crippen LogP contribution >= 0.6 is 0 Å². The maximum Gasteiger partial charge on any atom is 0.276 e. The van der Waals surface area contributed by atoms with Crippen molar-refractivity contribution in [1.29, 1.82) is 0 Å². The van der Waals surface area contributed by atoms with E-state index in [9.17, 15) is 8.42 Å². The van der Waals surface area contributed by atoms with Crippen LogP contribution in [0, 0.1) is 13.8 Å². The van der Waals surface area contributed by atoms with E-state index in [0.717, 1.165) is 29.7 Å². The average molecular weight is 278 g/mol. The second kappa shape index (κ2) is 5.17. The molecular formula is C14H18N2O2S. The van der Waals surface area contributed by atoms with Crippen LogP contribution in [0.1, 0.15) is 30.9 Å². The molecule has 0 radical (unpaired) electrons. The van der Waals surface area contributed by atoms with Crippen LogP contribution in [-0.2, 0) is 10.0 Å². The summed E-state index contributed by atoms with van der Waals surface area (Å²) in [6.07, 6.45) is 3.66. The predicted octanol–water partition coefficient (Wildman–Crippen LogP) is 2.68. The zero-order valence-corrected chi connectivity index (χ0v) is 12.2. The number of nitrogens with zero attached hydrogens (tertiary/aromatic N) is 1. The molecule has 0 spiro atoms. The Hall–Kier alpha value is -1.62. The molecule has 1 aromatic carbocycles. The van der Waals surface area contributed by atoms with Gasteiger partial charge in [0, 0.05) is 0 Å². The van der Waals surface area contributed by atoms with E-state index in [4.69, 9.17) is 0 Å². The van der Waals surface area contributed by atoms with E-state index in [2.05, 4.69) is 9.93 Å². The molecule has 102 valence electrons. The van der Waals surface area contributed by atoms with Crippen LogP contribution in [0.2, 0.25) is 0 Å². The lowest BCUT2D eigenvalue weighted by Crippen LogP contribution is -2.20. The second-order valence-electron chi connectivity index (χ2n) is 4.96. The highest BCUT2D eigenvalue weighted by atomic mass is 32.2. The molecule has 5 heteroatoms. The van der Waals surface area contributed by atoms with Crippen molar-refractivity contribution in [1.82, 2.24) is 4.83 Å². The Morgan fingerprint density at radius 3 is 2.53 bits per heavy atom. The molecule has 4 nitrogen and oxygen atoms in total. The lowest BCUT2D eigenvalue weighted by molar-refractivity contribution is 0.583. The standard InChI is InChI=1S/C14H18N2O2S/c1-10-5-7-13(8-10)15-16-19(17,18)14-9-11(2)4-6-12(14)3/h4,6,8-9,16H,5,7H2,1-3H3/b15-13+. The maximum absolute atomic E-state index is 12.2. The molecule has 2 rings (SSSR count). The summed E-state index contributed by atoms with van der Waals surface area (Å²) in [6, 6.07) is 5.35. The third kappa shape index (κ3) is 3.23. The van der Waals surface area contributed by atoms with Crippen molar-refractivity contribution in [2.75, 3.05) is 0 Å². The lowest BCUT2D eigenvalue weighted by Gasteiger charge is -2.08. The van der Waals surface area contributed by atoms with Crippen molar-refractivity contribution in [3.05, 3.63) is 41.0 Å². The molecule has 19 heavy (non-hydrogen) atoms. The summed E-state index contributed by atoms with van der Waals surface area (Å²) in [7, 11) is -3.59. The third-order valence-electron chi connectivity index (χ3n) is 3.13. The van der Waals surface area contributed by atoms with Gasteiger partial charge in [-0.25, -0.2) is 0 Å². The van der Waals surface area contributed by atoms with E-state index in [1.165, 1.54) is 5.57 Å². The number of rotatable bonds is 3. The molecule has 0 saturated carbocycles. The zero-order valence-electron chi connectivity index (χ0n) is 11.4. The molecule has 0 aliphatic heterocycles. The van der Waals surface area contributed by atoms with Crippen LogP contribution in [-0.4, -0.2) is 14.1 Å². The van der Waals surface area contributed by atoms with Crippen LogP contribution in [0.4, 0.5) is 0 Å². The highest BCUT2D eigenvalue weighted by Crippen LogP contribution is 2.18. The molecule has 0 amide bonds. The molecule has 1 aromatic rings. The van der Waals surface area contributed by atoms with Gasteiger partial charge in [0.15, 0.2) is 0 Å². The van der Waals surface area contributed by atoms with E-state index in [1.807, 2.05) is 26.0 Å². The minimum atomic E-state index is -3.59. The monoisotopic (exact) mass is 278 g/mol. The Morgan fingerprint density at radius 1 is 1.16 bits per heavy atom. The van der Waals surface area contributed by atoms with Crippen LogP contribution in [0.5, 0.6) is 0 Å². The van der Waals surface area contributed by atoms with Gasteiger partial charge in [-0.15, -0.1) is 0 Å². The van der Waals surface area contributed by atoms with Gasteiger partial charge in [-0.1, -0.05) is 17.7 Å². The lowest BCUT2D eigenvalue weighted by atomic mass is 10.2. The molecule has 1 N–H and O–H groups in total. The van der Waals surface area contributed by atoms with Crippen molar-refractivity contribution < 1.29 is 8.42 Å². The molecule has 0 heterocycles. The topological polar surface area (TPSA) is 58.5 Å². The van der Waals surface area contributed by atoms with Crippen molar-refractivity contribution in [3.63, 3.8) is 0 Å². The largest absolute Gasteiger partial charge is 0.276 e. The maximum atomic E-state index is 12.2. The van der Waals surface area contributed by atoms with Crippen LogP contribution in [0.3, 0.4) is 0 Å². The van der Waals surface area contributed by atoms with Gasteiger partial charge in [-0.2, -0.15) is 18.4 Å². The zero-order chi connectivity index (χ0) is 14.0. The second-order valence-corrected chi connectivity index (χ2v) is 6.59. The Labute approximate surface area is 114 Å². The average Bonchev–Trinajstić information content (AvgIpc) is 2.76. The SMILES string of the molecule is CC1=C/C(=N/NS(=O)(=O)c2cc(C)ccc2C)CC1. The fourth-order valence-electron chi connectivity index (χ4n) is 2.01. The Balaban J connectivity index is 2.26. The minimum absolute atomic E-state index is 0.288. The van der Waals surface area contributed by atoms with Gasteiger partial charge in [-0.05, 0) is 56.9 Å². The number of sulfonamides is 1. The highest BCUT2D eigenvalue weighted by Gasteiger charge is 2.17. The van der Waals surface area contributed by atoms with Crippen molar-refractivity contribution >= 4 is 15.7 Å². The Morgan fingerprint density at radius 2 is 1.89 bits per heavy atom. The van der Waals surface area contributed by atoms with Gasteiger partial charge in [0.1, 0.15) is 0 Å². The quantitative estimate of drug-likeness (QED) is 0.864. The number of nitrogens with one attached hydrogen (secondary N) is 1. The summed E-state index contributed by atoms with van der Waals surface area (Å²) in [5.41, 5.74) is 3.64. The van der Waals surface area contributed by atoms with E-state index in [-0.39, 0.29) is 4.90 Å². The summed E-state index contributed by atoms with van der Waals surface area (Å²) < 4.78 is 24.4. The van der Waals surface area contributed by atoms with Gasteiger partial charge in [0.05, 0.1) is 10.6 Å². The van der Waals surface area contributed by atoms with E-state index in [1.54, 1.807) is 19.1 Å². The minimum Gasteiger partial charge on any atom is -0.200 e. The Kier molecular flexibility index (Phi) is 3.75. The third-order valence-corrected chi connectivity index (χ3v) is 4.48. The summed E-state index contributed by atoms with van der Waals surface area (Å²) >= 11 is 0. The van der Waals surface area contributed by atoms with Crippen molar-refractivity contribution in [2.24, 2.45) is 5.10 Å². The molecule has 0 unspecified atom stereocenters. The molecule has 0 atom stereocenters. The van der Waals surface area contributed by atoms with Crippen molar-refractivity contribution in [2.45, 2.75) is 38.5 Å². The van der Waals surface area contributed by atoms with Gasteiger partial charge in [0.25, 0.3) is 10.0 Å². The molecule has 0 aromatic heterocycles. The number of hydrogen-bond donors (Lipinski definition) is 1. The van der Waals surface area contributed by atoms with E-state index in [0.29, 0.717) is 0 Å². The fraction of sp³-hybridized carbons (Fsp3) is 0.357. The summed E-state index contributed by atoms with van der Waals surface area (Å²) in [6.45, 7) is 5.66. The first-order valence-corrected chi connectivity index (χ1v) is 7.69. The number of hydrogen-bond acceptors (Lipinski definition) is 3. The summed E-state index contributed by atoms with van der Waals surface area (Å²) in [4.78, 5) is 2.61. The number of aryl methyl sites for hydroxylation is 2. The van der Waals surface area contributed by atoms with Crippen LogP contribution < -0.4 is 4.83 Å². The van der Waals surface area contributed by atoms with Crippen molar-refractivity contribution in [3.8, 4) is 0 Å². The van der Waals surface area contributed by atoms with Gasteiger partial charge in [-0.3, -0.25) is 0 Å². The summed E-state index contributed by atoms with van der Waals surface area (Å²) in [5, 5.41) is 3.99.